The molecule has 0 radical (unpaired) electrons. The van der Waals surface area contributed by atoms with Crippen molar-refractivity contribution in [2.24, 2.45) is 4.99 Å². The number of hydrogen-bond acceptors (Lipinski definition) is 2. The molecule has 0 aliphatic carbocycles. The second-order valence-electron chi connectivity index (χ2n) is 1.86. The van der Waals surface area contributed by atoms with Crippen LogP contribution in [0.15, 0.2) is 17.3 Å². The van der Waals surface area contributed by atoms with E-state index in [1.54, 1.807) is 0 Å². The average Bonchev–Trinajstić information content (AvgIpc) is 1.86. The SMILES string of the molecule is FC(F)(F)N1CC=CN=C1Cl. The molecule has 0 N–H and O–H groups in total. The van der Waals surface area contributed by atoms with E-state index in [-0.39, 0.29) is 11.4 Å². The molecule has 0 aromatic carbocycles. The molecule has 0 amide bonds. The Kier molecular flexibility index (Phi) is 2.08. The van der Waals surface area contributed by atoms with Crippen LogP contribution in [-0.4, -0.2) is 23.0 Å². The van der Waals surface area contributed by atoms with E-state index in [1.165, 1.54) is 12.3 Å². The van der Waals surface area contributed by atoms with E-state index in [0.717, 1.165) is 0 Å². The maximum absolute atomic E-state index is 11.9. The smallest absolute Gasteiger partial charge is 0.254 e. The van der Waals surface area contributed by atoms with Gasteiger partial charge in [0.05, 0.1) is 0 Å². The van der Waals surface area contributed by atoms with E-state index in [1.807, 2.05) is 0 Å². The predicted octanol–water partition coefficient (Wildman–Crippen LogP) is 1.93. The first kappa shape index (κ1) is 8.39. The van der Waals surface area contributed by atoms with Gasteiger partial charge in [-0.2, -0.15) is 0 Å². The van der Waals surface area contributed by atoms with Gasteiger partial charge in [0.1, 0.15) is 0 Å². The molecule has 0 saturated heterocycles. The third-order valence-corrected chi connectivity index (χ3v) is 1.40. The molecule has 0 spiro atoms. The third kappa shape index (κ3) is 1.86. The van der Waals surface area contributed by atoms with Crippen molar-refractivity contribution in [3.05, 3.63) is 12.3 Å². The summed E-state index contributed by atoms with van der Waals surface area (Å²) in [5, 5.41) is -0.542. The molecule has 62 valence electrons. The van der Waals surface area contributed by atoms with Gasteiger partial charge < -0.3 is 0 Å². The number of nitrogens with zero attached hydrogens (tertiary/aromatic N) is 2. The van der Waals surface area contributed by atoms with Gasteiger partial charge in [-0.1, -0.05) is 0 Å². The zero-order valence-corrected chi connectivity index (χ0v) is 6.02. The van der Waals surface area contributed by atoms with E-state index in [4.69, 9.17) is 11.6 Å². The molecule has 0 atom stereocenters. The molecule has 1 aliphatic rings. The summed E-state index contributed by atoms with van der Waals surface area (Å²) in [7, 11) is 0. The van der Waals surface area contributed by atoms with Crippen molar-refractivity contribution in [1.29, 1.82) is 0 Å². The molecule has 0 bridgehead atoms. The summed E-state index contributed by atoms with van der Waals surface area (Å²) >= 11 is 5.17. The molecule has 0 saturated carbocycles. The number of alkyl halides is 3. The Labute approximate surface area is 66.0 Å². The highest BCUT2D eigenvalue weighted by atomic mass is 35.5. The highest BCUT2D eigenvalue weighted by Crippen LogP contribution is 2.24. The predicted molar refractivity (Wildman–Crippen MR) is 35.2 cm³/mol. The number of amidine groups is 1. The zero-order valence-electron chi connectivity index (χ0n) is 5.27. The van der Waals surface area contributed by atoms with Gasteiger partial charge in [-0.05, 0) is 17.7 Å². The third-order valence-electron chi connectivity index (χ3n) is 1.10. The van der Waals surface area contributed by atoms with Crippen LogP contribution in [0, 0.1) is 0 Å². The lowest BCUT2D eigenvalue weighted by molar-refractivity contribution is -0.213. The van der Waals surface area contributed by atoms with Crippen LogP contribution in [0.4, 0.5) is 13.2 Å². The first-order valence-corrected chi connectivity index (χ1v) is 3.12. The van der Waals surface area contributed by atoms with Crippen molar-refractivity contribution in [2.75, 3.05) is 6.54 Å². The molecule has 0 aromatic rings. The molecule has 1 rings (SSSR count). The topological polar surface area (TPSA) is 15.6 Å². The van der Waals surface area contributed by atoms with Crippen LogP contribution in [0.1, 0.15) is 0 Å². The van der Waals surface area contributed by atoms with Crippen molar-refractivity contribution in [3.8, 4) is 0 Å². The first-order chi connectivity index (χ1) is 5.02. The Balaban J connectivity index is 2.76. The van der Waals surface area contributed by atoms with Crippen molar-refractivity contribution in [1.82, 2.24) is 4.90 Å². The van der Waals surface area contributed by atoms with Crippen LogP contribution >= 0.6 is 11.6 Å². The Morgan fingerprint density at radius 3 is 2.55 bits per heavy atom. The van der Waals surface area contributed by atoms with Crippen molar-refractivity contribution < 1.29 is 13.2 Å². The lowest BCUT2D eigenvalue weighted by Gasteiger charge is -2.24. The van der Waals surface area contributed by atoms with E-state index in [9.17, 15) is 13.2 Å². The van der Waals surface area contributed by atoms with Crippen molar-refractivity contribution in [3.63, 3.8) is 0 Å². The lowest BCUT2D eigenvalue weighted by atomic mass is 10.5. The maximum Gasteiger partial charge on any atom is 0.487 e. The maximum atomic E-state index is 11.9. The van der Waals surface area contributed by atoms with Gasteiger partial charge in [0.2, 0.25) is 5.29 Å². The number of halogens is 4. The highest BCUT2D eigenvalue weighted by molar-refractivity contribution is 6.64. The fraction of sp³-hybridized carbons (Fsp3) is 0.400. The number of rotatable bonds is 0. The van der Waals surface area contributed by atoms with Crippen LogP contribution < -0.4 is 0 Å². The van der Waals surface area contributed by atoms with E-state index >= 15 is 0 Å². The molecule has 0 unspecified atom stereocenters. The molecule has 1 heterocycles. The molecule has 1 aliphatic heterocycles. The van der Waals surface area contributed by atoms with Crippen LogP contribution in [0.3, 0.4) is 0 Å². The van der Waals surface area contributed by atoms with E-state index in [2.05, 4.69) is 4.99 Å². The molecular formula is C5H4ClF3N2. The minimum absolute atomic E-state index is 0.0502. The summed E-state index contributed by atoms with van der Waals surface area (Å²) in [5.74, 6) is 0. The number of aliphatic imine (C=N–C) groups is 1. The van der Waals surface area contributed by atoms with Gasteiger partial charge in [0.25, 0.3) is 0 Å². The summed E-state index contributed by atoms with van der Waals surface area (Å²) in [5.41, 5.74) is 0. The molecular weight excluding hydrogens is 181 g/mol. The average molecular weight is 185 g/mol. The summed E-state index contributed by atoms with van der Waals surface area (Å²) < 4.78 is 35.8. The van der Waals surface area contributed by atoms with Gasteiger partial charge in [-0.25, -0.2) is 4.99 Å². The van der Waals surface area contributed by atoms with Crippen molar-refractivity contribution in [2.45, 2.75) is 6.30 Å². The standard InChI is InChI=1S/C5H4ClF3N2/c6-4-10-2-1-3-11(4)5(7,8)9/h1-2H,3H2. The minimum atomic E-state index is -4.44. The van der Waals surface area contributed by atoms with Crippen molar-refractivity contribution >= 4 is 16.9 Å². The van der Waals surface area contributed by atoms with Gasteiger partial charge in [-0.15, -0.1) is 13.2 Å². The second kappa shape index (κ2) is 2.73. The molecule has 11 heavy (non-hydrogen) atoms. The second-order valence-corrected chi connectivity index (χ2v) is 2.20. The molecule has 0 fully saturated rings. The Hall–Kier alpha value is -0.710. The van der Waals surface area contributed by atoms with E-state index in [0.29, 0.717) is 0 Å². The van der Waals surface area contributed by atoms with Crippen LogP contribution in [0.2, 0.25) is 0 Å². The summed E-state index contributed by atoms with van der Waals surface area (Å²) in [6.45, 7) is -0.272. The van der Waals surface area contributed by atoms with Crippen LogP contribution in [0.25, 0.3) is 0 Å². The summed E-state index contributed by atoms with van der Waals surface area (Å²) in [6.07, 6.45) is -1.92. The minimum Gasteiger partial charge on any atom is -0.254 e. The Bertz CT molecular complexity index is 208. The molecule has 0 aromatic heterocycles. The fourth-order valence-electron chi connectivity index (χ4n) is 0.620. The first-order valence-electron chi connectivity index (χ1n) is 2.74. The van der Waals surface area contributed by atoms with Gasteiger partial charge >= 0.3 is 6.30 Å². The summed E-state index contributed by atoms with van der Waals surface area (Å²) in [6, 6.07) is 0. The fourth-order valence-corrected chi connectivity index (χ4v) is 0.841. The van der Waals surface area contributed by atoms with Gasteiger partial charge in [0.15, 0.2) is 0 Å². The lowest BCUT2D eigenvalue weighted by Crippen LogP contribution is -2.41. The van der Waals surface area contributed by atoms with E-state index < -0.39 is 11.6 Å². The molecule has 2 nitrogen and oxygen atoms in total. The largest absolute Gasteiger partial charge is 0.487 e. The van der Waals surface area contributed by atoms with Gasteiger partial charge in [-0.3, -0.25) is 4.90 Å². The van der Waals surface area contributed by atoms with Crippen LogP contribution in [-0.2, 0) is 0 Å². The molecule has 6 heteroatoms. The highest BCUT2D eigenvalue weighted by Gasteiger charge is 2.38. The number of hydrogen-bond donors (Lipinski definition) is 0. The Morgan fingerprint density at radius 1 is 1.55 bits per heavy atom. The van der Waals surface area contributed by atoms with Gasteiger partial charge in [0, 0.05) is 12.7 Å². The monoisotopic (exact) mass is 184 g/mol. The quantitative estimate of drug-likeness (QED) is 0.526. The summed E-state index contributed by atoms with van der Waals surface area (Å²) in [4.78, 5) is 3.34. The Morgan fingerprint density at radius 2 is 2.18 bits per heavy atom. The zero-order chi connectivity index (χ0) is 8.48. The normalized spacial score (nSPS) is 18.5. The van der Waals surface area contributed by atoms with Crippen LogP contribution in [0.5, 0.6) is 0 Å².